The molecule has 4 rings (SSSR count). The molecule has 2 aromatic heterocycles. The van der Waals surface area contributed by atoms with Crippen LogP contribution in [0.5, 0.6) is 0 Å². The summed E-state index contributed by atoms with van der Waals surface area (Å²) in [7, 11) is 0. The molecular formula is C17H14N4. The maximum Gasteiger partial charge on any atom is 0.0943 e. The number of hydrogen-bond acceptors (Lipinski definition) is 3. The smallest absolute Gasteiger partial charge is 0.0943 e. The second-order valence-corrected chi connectivity index (χ2v) is 5.06. The highest BCUT2D eigenvalue weighted by atomic mass is 14.8. The molecule has 21 heavy (non-hydrogen) atoms. The predicted molar refractivity (Wildman–Crippen MR) is 87.9 cm³/mol. The number of nitrogen functional groups attached to an aromatic ring is 2. The van der Waals surface area contributed by atoms with Crippen molar-refractivity contribution in [2.24, 2.45) is 0 Å². The first-order valence-corrected chi connectivity index (χ1v) is 6.75. The van der Waals surface area contributed by atoms with E-state index in [0.717, 1.165) is 33.1 Å². The fourth-order valence-corrected chi connectivity index (χ4v) is 2.78. The van der Waals surface area contributed by atoms with Crippen LogP contribution in [0, 0.1) is 0 Å². The summed E-state index contributed by atoms with van der Waals surface area (Å²) >= 11 is 0. The van der Waals surface area contributed by atoms with Crippen LogP contribution in [0.3, 0.4) is 0 Å². The lowest BCUT2D eigenvalue weighted by atomic mass is 10.1. The third-order valence-electron chi connectivity index (χ3n) is 3.81. The molecule has 0 amide bonds. The third-order valence-corrected chi connectivity index (χ3v) is 3.81. The molecule has 4 heteroatoms. The fraction of sp³-hybridized carbons (Fsp3) is 0. The van der Waals surface area contributed by atoms with E-state index < -0.39 is 0 Å². The molecule has 4 nitrogen and oxygen atoms in total. The maximum atomic E-state index is 6.15. The van der Waals surface area contributed by atoms with Gasteiger partial charge in [0.1, 0.15) is 0 Å². The first-order valence-electron chi connectivity index (χ1n) is 6.75. The van der Waals surface area contributed by atoms with Crippen molar-refractivity contribution in [3.8, 4) is 11.3 Å². The van der Waals surface area contributed by atoms with E-state index in [4.69, 9.17) is 11.5 Å². The zero-order valence-corrected chi connectivity index (χ0v) is 11.3. The summed E-state index contributed by atoms with van der Waals surface area (Å²) in [5.41, 5.74) is 17.2. The Morgan fingerprint density at radius 2 is 1.71 bits per heavy atom. The van der Waals surface area contributed by atoms with Gasteiger partial charge in [-0.3, -0.25) is 4.98 Å². The first-order chi connectivity index (χ1) is 10.3. The average Bonchev–Trinajstić information content (AvgIpc) is 2.91. The van der Waals surface area contributed by atoms with E-state index in [0.29, 0.717) is 11.4 Å². The molecule has 102 valence electrons. The van der Waals surface area contributed by atoms with E-state index in [1.54, 1.807) is 6.20 Å². The molecule has 0 radical (unpaired) electrons. The number of nitrogens with two attached hydrogens (primary N) is 2. The van der Waals surface area contributed by atoms with Gasteiger partial charge in [-0.25, -0.2) is 0 Å². The summed E-state index contributed by atoms with van der Waals surface area (Å²) in [5, 5.41) is 2.01. The minimum Gasteiger partial charge on any atom is -0.397 e. The van der Waals surface area contributed by atoms with Crippen molar-refractivity contribution in [2.45, 2.75) is 0 Å². The number of anilines is 2. The van der Waals surface area contributed by atoms with E-state index in [-0.39, 0.29) is 0 Å². The van der Waals surface area contributed by atoms with E-state index in [9.17, 15) is 0 Å². The van der Waals surface area contributed by atoms with Crippen LogP contribution in [0.2, 0.25) is 0 Å². The van der Waals surface area contributed by atoms with E-state index >= 15 is 0 Å². The number of pyridine rings is 1. The van der Waals surface area contributed by atoms with Crippen LogP contribution in [-0.2, 0) is 0 Å². The van der Waals surface area contributed by atoms with Crippen LogP contribution >= 0.6 is 0 Å². The topological polar surface area (TPSA) is 80.7 Å². The second kappa shape index (κ2) is 4.24. The lowest BCUT2D eigenvalue weighted by molar-refractivity contribution is 1.34. The fourth-order valence-electron chi connectivity index (χ4n) is 2.78. The summed E-state index contributed by atoms with van der Waals surface area (Å²) in [6.07, 6.45) is 1.81. The quantitative estimate of drug-likeness (QED) is 0.464. The van der Waals surface area contributed by atoms with Crippen molar-refractivity contribution in [1.29, 1.82) is 0 Å². The highest BCUT2D eigenvalue weighted by Crippen LogP contribution is 2.36. The minimum atomic E-state index is 0.599. The lowest BCUT2D eigenvalue weighted by Crippen LogP contribution is -1.94. The van der Waals surface area contributed by atoms with Crippen molar-refractivity contribution in [3.63, 3.8) is 0 Å². The van der Waals surface area contributed by atoms with Crippen LogP contribution in [0.25, 0.3) is 33.1 Å². The number of benzene rings is 2. The summed E-state index contributed by atoms with van der Waals surface area (Å²) in [6.45, 7) is 0. The number of aromatic nitrogens is 2. The molecule has 5 N–H and O–H groups in total. The molecule has 0 fully saturated rings. The van der Waals surface area contributed by atoms with Gasteiger partial charge < -0.3 is 16.5 Å². The Morgan fingerprint density at radius 3 is 2.52 bits per heavy atom. The lowest BCUT2D eigenvalue weighted by Gasteiger charge is -2.03. The van der Waals surface area contributed by atoms with Gasteiger partial charge in [0.05, 0.1) is 22.6 Å². The Hall–Kier alpha value is -3.01. The van der Waals surface area contributed by atoms with Crippen LogP contribution in [-0.4, -0.2) is 9.97 Å². The van der Waals surface area contributed by atoms with E-state index in [2.05, 4.69) is 9.97 Å². The predicted octanol–water partition coefficient (Wildman–Crippen LogP) is 3.55. The number of H-pyrrole nitrogens is 1. The second-order valence-electron chi connectivity index (χ2n) is 5.06. The Labute approximate surface area is 121 Å². The van der Waals surface area contributed by atoms with Gasteiger partial charge in [0.15, 0.2) is 0 Å². The van der Waals surface area contributed by atoms with Gasteiger partial charge in [-0.2, -0.15) is 0 Å². The van der Waals surface area contributed by atoms with Crippen LogP contribution in [0.4, 0.5) is 11.4 Å². The molecule has 2 heterocycles. The normalized spacial score (nSPS) is 11.2. The number of aromatic amines is 1. The molecule has 0 atom stereocenters. The number of rotatable bonds is 1. The van der Waals surface area contributed by atoms with Gasteiger partial charge in [-0.1, -0.05) is 30.3 Å². The molecule has 0 spiro atoms. The summed E-state index contributed by atoms with van der Waals surface area (Å²) < 4.78 is 0. The van der Waals surface area contributed by atoms with Gasteiger partial charge in [0.2, 0.25) is 0 Å². The van der Waals surface area contributed by atoms with Crippen molar-refractivity contribution in [1.82, 2.24) is 9.97 Å². The third kappa shape index (κ3) is 1.66. The van der Waals surface area contributed by atoms with Gasteiger partial charge in [-0.15, -0.1) is 0 Å². The van der Waals surface area contributed by atoms with Gasteiger partial charge >= 0.3 is 0 Å². The first kappa shape index (κ1) is 11.8. The minimum absolute atomic E-state index is 0.599. The molecule has 0 aliphatic heterocycles. The number of hydrogen-bond donors (Lipinski definition) is 3. The molecular weight excluding hydrogens is 260 g/mol. The van der Waals surface area contributed by atoms with Crippen molar-refractivity contribution < 1.29 is 0 Å². The molecule has 2 aromatic carbocycles. The molecule has 0 aliphatic rings. The zero-order chi connectivity index (χ0) is 14.4. The Kier molecular flexibility index (Phi) is 2.38. The summed E-state index contributed by atoms with van der Waals surface area (Å²) in [5.74, 6) is 0. The molecule has 0 aliphatic carbocycles. The highest BCUT2D eigenvalue weighted by molar-refractivity contribution is 6.17. The summed E-state index contributed by atoms with van der Waals surface area (Å²) in [4.78, 5) is 7.94. The van der Waals surface area contributed by atoms with Crippen molar-refractivity contribution in [2.75, 3.05) is 11.5 Å². The standard InChI is InChI=1S/C17H14N4/c18-12-6-7-13-14(15(12)19)11-8-9-20-16(17(11)21-13)10-4-2-1-3-5-10/h1-9,21H,18-19H2. The van der Waals surface area contributed by atoms with Gasteiger partial charge in [-0.05, 0) is 18.2 Å². The van der Waals surface area contributed by atoms with Gasteiger partial charge in [0.25, 0.3) is 0 Å². The van der Waals surface area contributed by atoms with Crippen molar-refractivity contribution in [3.05, 3.63) is 54.7 Å². The maximum absolute atomic E-state index is 6.15. The monoisotopic (exact) mass is 274 g/mol. The van der Waals surface area contributed by atoms with Gasteiger partial charge in [0, 0.05) is 28.0 Å². The molecule has 0 unspecified atom stereocenters. The highest BCUT2D eigenvalue weighted by Gasteiger charge is 2.13. The van der Waals surface area contributed by atoms with E-state index in [1.165, 1.54) is 0 Å². The Balaban J connectivity index is 2.14. The van der Waals surface area contributed by atoms with Crippen LogP contribution in [0.15, 0.2) is 54.7 Å². The van der Waals surface area contributed by atoms with Crippen LogP contribution < -0.4 is 11.5 Å². The Bertz CT molecular complexity index is 955. The molecule has 0 saturated heterocycles. The SMILES string of the molecule is Nc1ccc2[nH]c3c(-c4ccccc4)nccc3c2c1N. The number of nitrogens with one attached hydrogen (secondary N) is 1. The number of nitrogens with zero attached hydrogens (tertiary/aromatic N) is 1. The largest absolute Gasteiger partial charge is 0.397 e. The Morgan fingerprint density at radius 1 is 0.905 bits per heavy atom. The van der Waals surface area contributed by atoms with Crippen LogP contribution in [0.1, 0.15) is 0 Å². The molecule has 4 aromatic rings. The van der Waals surface area contributed by atoms with E-state index in [1.807, 2.05) is 48.5 Å². The van der Waals surface area contributed by atoms with Crippen molar-refractivity contribution >= 4 is 33.2 Å². The molecule has 0 bridgehead atoms. The zero-order valence-electron chi connectivity index (χ0n) is 11.3. The average molecular weight is 274 g/mol. The number of fused-ring (bicyclic) bond motifs is 3. The summed E-state index contributed by atoms with van der Waals surface area (Å²) in [6, 6.07) is 15.8. The molecule has 0 saturated carbocycles.